The van der Waals surface area contributed by atoms with Crippen LogP contribution in [-0.4, -0.2) is 28.5 Å². The molecular weight excluding hydrogens is 337 g/mol. The van der Waals surface area contributed by atoms with E-state index in [4.69, 9.17) is 4.74 Å². The first-order valence-corrected chi connectivity index (χ1v) is 8.27. The number of hydrogen-bond acceptors (Lipinski definition) is 4. The van der Waals surface area contributed by atoms with Crippen LogP contribution >= 0.6 is 0 Å². The van der Waals surface area contributed by atoms with Gasteiger partial charge in [0.2, 0.25) is 0 Å². The summed E-state index contributed by atoms with van der Waals surface area (Å²) in [5.41, 5.74) is 0.147. The quantitative estimate of drug-likeness (QED) is 0.828. The van der Waals surface area contributed by atoms with Crippen LogP contribution in [-0.2, 0) is 0 Å². The van der Waals surface area contributed by atoms with Gasteiger partial charge in [-0.05, 0) is 57.2 Å². The van der Waals surface area contributed by atoms with Crippen molar-refractivity contribution in [3.63, 3.8) is 0 Å². The van der Waals surface area contributed by atoms with Crippen molar-refractivity contribution in [1.29, 1.82) is 0 Å². The Balaban J connectivity index is 2.00. The molecule has 1 amide bonds. The summed E-state index contributed by atoms with van der Waals surface area (Å²) in [4.78, 5) is 24.2. The highest BCUT2D eigenvalue weighted by molar-refractivity contribution is 5.95. The predicted molar refractivity (Wildman–Crippen MR) is 93.8 cm³/mol. The van der Waals surface area contributed by atoms with E-state index in [2.05, 4.69) is 5.32 Å². The molecule has 1 aliphatic heterocycles. The van der Waals surface area contributed by atoms with E-state index in [1.165, 1.54) is 25.1 Å². The van der Waals surface area contributed by atoms with E-state index in [0.717, 1.165) is 6.07 Å². The van der Waals surface area contributed by atoms with Gasteiger partial charge in [0.25, 0.3) is 5.91 Å². The number of aliphatic hydroxyl groups is 1. The largest absolute Gasteiger partial charge is 0.485 e. The van der Waals surface area contributed by atoms with Gasteiger partial charge in [-0.15, -0.1) is 0 Å². The third-order valence-corrected chi connectivity index (χ3v) is 4.53. The van der Waals surface area contributed by atoms with Crippen LogP contribution < -0.4 is 10.1 Å². The van der Waals surface area contributed by atoms with E-state index in [0.29, 0.717) is 16.9 Å². The molecule has 0 bridgehead atoms. The van der Waals surface area contributed by atoms with Crippen LogP contribution in [0.25, 0.3) is 0 Å². The summed E-state index contributed by atoms with van der Waals surface area (Å²) >= 11 is 0. The number of rotatable bonds is 3. The summed E-state index contributed by atoms with van der Waals surface area (Å²) in [6, 6.07) is 9.40. The number of benzene rings is 2. The molecule has 0 aliphatic carbocycles. The fourth-order valence-electron chi connectivity index (χ4n) is 3.03. The lowest BCUT2D eigenvalue weighted by Gasteiger charge is -2.42. The zero-order valence-electron chi connectivity index (χ0n) is 14.7. The van der Waals surface area contributed by atoms with Crippen molar-refractivity contribution in [3.8, 4) is 5.75 Å². The second kappa shape index (κ2) is 6.53. The van der Waals surface area contributed by atoms with Crippen LogP contribution in [0, 0.1) is 5.82 Å². The van der Waals surface area contributed by atoms with Gasteiger partial charge in [0.05, 0.1) is 6.04 Å². The molecule has 5 nitrogen and oxygen atoms in total. The first-order valence-electron chi connectivity index (χ1n) is 8.27. The van der Waals surface area contributed by atoms with Gasteiger partial charge in [-0.2, -0.15) is 0 Å². The fraction of sp³-hybridized carbons (Fsp3) is 0.300. The second-order valence-corrected chi connectivity index (χ2v) is 6.92. The first kappa shape index (κ1) is 18.1. The maximum atomic E-state index is 13.4. The summed E-state index contributed by atoms with van der Waals surface area (Å²) in [7, 11) is 0. The molecule has 2 atom stereocenters. The number of ketones is 1. The van der Waals surface area contributed by atoms with Gasteiger partial charge in [0.15, 0.2) is 5.78 Å². The van der Waals surface area contributed by atoms with Gasteiger partial charge >= 0.3 is 0 Å². The van der Waals surface area contributed by atoms with Gasteiger partial charge in [0.1, 0.15) is 23.3 Å². The van der Waals surface area contributed by atoms with Gasteiger partial charge < -0.3 is 15.2 Å². The number of aliphatic hydroxyl groups excluding tert-OH is 1. The zero-order valence-corrected chi connectivity index (χ0v) is 14.7. The number of halogens is 1. The van der Waals surface area contributed by atoms with Crippen LogP contribution in [0.3, 0.4) is 0 Å². The number of fused-ring (bicyclic) bond motifs is 1. The van der Waals surface area contributed by atoms with Gasteiger partial charge in [0, 0.05) is 16.7 Å². The van der Waals surface area contributed by atoms with Gasteiger partial charge in [-0.1, -0.05) is 6.07 Å². The van der Waals surface area contributed by atoms with E-state index in [1.807, 2.05) is 0 Å². The molecule has 0 saturated carbocycles. The number of carbonyl (C=O) groups is 2. The number of ether oxygens (including phenoxy) is 1. The first-order chi connectivity index (χ1) is 12.2. The molecule has 3 rings (SSSR count). The van der Waals surface area contributed by atoms with Crippen molar-refractivity contribution in [2.24, 2.45) is 0 Å². The van der Waals surface area contributed by atoms with E-state index < -0.39 is 29.5 Å². The molecule has 2 aromatic rings. The average molecular weight is 357 g/mol. The third-order valence-electron chi connectivity index (χ3n) is 4.53. The van der Waals surface area contributed by atoms with Gasteiger partial charge in [-0.3, -0.25) is 9.59 Å². The summed E-state index contributed by atoms with van der Waals surface area (Å²) in [5, 5.41) is 13.5. The molecule has 1 heterocycles. The lowest BCUT2D eigenvalue weighted by atomic mass is 9.85. The minimum atomic E-state index is -1.06. The van der Waals surface area contributed by atoms with Crippen LogP contribution in [0.1, 0.15) is 53.1 Å². The molecule has 0 aromatic heterocycles. The summed E-state index contributed by atoms with van der Waals surface area (Å²) < 4.78 is 19.2. The predicted octanol–water partition coefficient (Wildman–Crippen LogP) is 3.03. The molecule has 0 saturated heterocycles. The van der Waals surface area contributed by atoms with E-state index in [-0.39, 0.29) is 11.3 Å². The molecule has 6 heteroatoms. The standard InChI is InChI=1S/C20H20FNO4/c1-11(23)12-7-8-16-15(10-12)17(18(24)20(2,3)26-16)22-19(25)13-5-4-6-14(21)9-13/h4-10,17-18,24H,1-3H3,(H,22,25)/t17-,18+/m1/s1. The Morgan fingerprint density at radius 2 is 1.88 bits per heavy atom. The molecule has 26 heavy (non-hydrogen) atoms. The highest BCUT2D eigenvalue weighted by Gasteiger charge is 2.43. The molecule has 0 radical (unpaired) electrons. The van der Waals surface area contributed by atoms with Crippen molar-refractivity contribution in [2.75, 3.05) is 0 Å². The maximum absolute atomic E-state index is 13.4. The van der Waals surface area contributed by atoms with Crippen molar-refractivity contribution in [3.05, 3.63) is 65.0 Å². The van der Waals surface area contributed by atoms with Crippen molar-refractivity contribution in [1.82, 2.24) is 5.32 Å². The van der Waals surface area contributed by atoms with E-state index >= 15 is 0 Å². The smallest absolute Gasteiger partial charge is 0.251 e. The Morgan fingerprint density at radius 3 is 2.54 bits per heavy atom. The monoisotopic (exact) mass is 357 g/mol. The fourth-order valence-corrected chi connectivity index (χ4v) is 3.03. The van der Waals surface area contributed by atoms with Crippen LogP contribution in [0.4, 0.5) is 4.39 Å². The lowest BCUT2D eigenvalue weighted by Crippen LogP contribution is -2.53. The summed E-state index contributed by atoms with van der Waals surface area (Å²) in [6.45, 7) is 4.85. The van der Waals surface area contributed by atoms with Crippen molar-refractivity contribution >= 4 is 11.7 Å². The normalized spacial score (nSPS) is 20.7. The Kier molecular flexibility index (Phi) is 4.54. The number of hydrogen-bond donors (Lipinski definition) is 2. The van der Waals surface area contributed by atoms with E-state index in [9.17, 15) is 19.1 Å². The highest BCUT2D eigenvalue weighted by Crippen LogP contribution is 2.40. The number of amides is 1. The lowest BCUT2D eigenvalue weighted by molar-refractivity contribution is -0.0627. The van der Waals surface area contributed by atoms with Gasteiger partial charge in [-0.25, -0.2) is 4.39 Å². The molecule has 0 fully saturated rings. The maximum Gasteiger partial charge on any atom is 0.251 e. The Hall–Kier alpha value is -2.73. The minimum Gasteiger partial charge on any atom is -0.485 e. The average Bonchev–Trinajstić information content (AvgIpc) is 2.58. The molecule has 0 unspecified atom stereocenters. The Labute approximate surface area is 150 Å². The van der Waals surface area contributed by atoms with Crippen molar-refractivity contribution in [2.45, 2.75) is 38.5 Å². The molecule has 2 aromatic carbocycles. The zero-order chi connectivity index (χ0) is 19.1. The topological polar surface area (TPSA) is 75.6 Å². The summed E-state index contributed by atoms with van der Waals surface area (Å²) in [6.07, 6.45) is -1.06. The van der Waals surface area contributed by atoms with E-state index in [1.54, 1.807) is 32.0 Å². The minimum absolute atomic E-state index is 0.137. The second-order valence-electron chi connectivity index (χ2n) is 6.92. The number of Topliss-reactive ketones (excluding diaryl/α,β-unsaturated/α-hetero) is 1. The molecule has 136 valence electrons. The molecular formula is C20H20FNO4. The summed E-state index contributed by atoms with van der Waals surface area (Å²) in [5.74, 6) is -0.702. The third kappa shape index (κ3) is 3.32. The number of carbonyl (C=O) groups excluding carboxylic acids is 2. The molecule has 0 spiro atoms. The van der Waals surface area contributed by atoms with Crippen molar-refractivity contribution < 1.29 is 23.8 Å². The molecule has 2 N–H and O–H groups in total. The Morgan fingerprint density at radius 1 is 1.15 bits per heavy atom. The van der Waals surface area contributed by atoms with Crippen LogP contribution in [0.2, 0.25) is 0 Å². The molecule has 1 aliphatic rings. The Bertz CT molecular complexity index is 878. The SMILES string of the molecule is CC(=O)c1ccc2c(c1)[C@@H](NC(=O)c1cccc(F)c1)[C@H](O)C(C)(C)O2. The highest BCUT2D eigenvalue weighted by atomic mass is 19.1. The van der Waals surface area contributed by atoms with Crippen LogP contribution in [0.15, 0.2) is 42.5 Å². The van der Waals surface area contributed by atoms with Crippen LogP contribution in [0.5, 0.6) is 5.75 Å². The number of nitrogens with one attached hydrogen (secondary N) is 1.